The first-order valence-corrected chi connectivity index (χ1v) is 9.02. The van der Waals surface area contributed by atoms with Gasteiger partial charge in [-0.05, 0) is 59.7 Å². The molecule has 29 heavy (non-hydrogen) atoms. The van der Waals surface area contributed by atoms with Crippen LogP contribution in [0.2, 0.25) is 0 Å². The average Bonchev–Trinajstić information content (AvgIpc) is 3.29. The van der Waals surface area contributed by atoms with E-state index in [0.29, 0.717) is 24.2 Å². The number of nitrogens with one attached hydrogen (secondary N) is 1. The molecule has 0 saturated carbocycles. The molecule has 150 valence electrons. The number of ether oxygens (including phenoxy) is 2. The van der Waals surface area contributed by atoms with Gasteiger partial charge in [-0.2, -0.15) is 0 Å². The number of carbonyl (C=O) groups excluding carboxylic acids is 2. The van der Waals surface area contributed by atoms with Crippen molar-refractivity contribution in [2.75, 3.05) is 13.7 Å². The van der Waals surface area contributed by atoms with Crippen molar-refractivity contribution in [3.63, 3.8) is 0 Å². The number of methoxy groups -OCH3 is 1. The van der Waals surface area contributed by atoms with E-state index < -0.39 is 12.1 Å². The van der Waals surface area contributed by atoms with Gasteiger partial charge in [0.15, 0.2) is 6.10 Å². The van der Waals surface area contributed by atoms with E-state index >= 15 is 0 Å². The van der Waals surface area contributed by atoms with Crippen LogP contribution in [0.3, 0.4) is 0 Å². The van der Waals surface area contributed by atoms with Gasteiger partial charge in [0.2, 0.25) is 0 Å². The van der Waals surface area contributed by atoms with Crippen LogP contribution in [0.1, 0.15) is 22.8 Å². The van der Waals surface area contributed by atoms with Crippen LogP contribution in [-0.2, 0) is 16.0 Å². The highest BCUT2D eigenvalue weighted by Crippen LogP contribution is 2.12. The number of hydrogen-bond acceptors (Lipinski definition) is 7. The minimum absolute atomic E-state index is 0.302. The molecule has 1 aromatic heterocycles. The molecule has 0 aliphatic rings. The quantitative estimate of drug-likeness (QED) is 0.577. The zero-order valence-corrected chi connectivity index (χ0v) is 16.1. The van der Waals surface area contributed by atoms with Gasteiger partial charge in [0.05, 0.1) is 18.4 Å². The Morgan fingerprint density at radius 3 is 2.66 bits per heavy atom. The lowest BCUT2D eigenvalue weighted by molar-refractivity contribution is -0.129. The fourth-order valence-corrected chi connectivity index (χ4v) is 2.60. The minimum Gasteiger partial charge on any atom is -0.497 e. The highest BCUT2D eigenvalue weighted by atomic mass is 16.5. The van der Waals surface area contributed by atoms with E-state index in [0.717, 1.165) is 11.3 Å². The fourth-order valence-electron chi connectivity index (χ4n) is 2.60. The number of esters is 1. The maximum absolute atomic E-state index is 12.4. The number of benzene rings is 2. The third kappa shape index (κ3) is 5.38. The Kier molecular flexibility index (Phi) is 6.51. The molecule has 1 N–H and O–H groups in total. The molecule has 0 aliphatic carbocycles. The molecule has 0 unspecified atom stereocenters. The van der Waals surface area contributed by atoms with E-state index in [1.165, 1.54) is 17.9 Å². The highest BCUT2D eigenvalue weighted by Gasteiger charge is 2.19. The maximum Gasteiger partial charge on any atom is 0.338 e. The molecule has 9 nitrogen and oxygen atoms in total. The summed E-state index contributed by atoms with van der Waals surface area (Å²) in [5.74, 6) is -0.177. The van der Waals surface area contributed by atoms with E-state index in [9.17, 15) is 9.59 Å². The molecule has 9 heteroatoms. The molecule has 0 saturated heterocycles. The Balaban J connectivity index is 1.50. The first-order valence-electron chi connectivity index (χ1n) is 9.02. The van der Waals surface area contributed by atoms with Gasteiger partial charge in [-0.15, -0.1) is 5.10 Å². The van der Waals surface area contributed by atoms with Crippen LogP contribution >= 0.6 is 0 Å². The molecule has 3 aromatic rings. The van der Waals surface area contributed by atoms with Crippen molar-refractivity contribution in [3.8, 4) is 11.4 Å². The lowest BCUT2D eigenvalue weighted by Crippen LogP contribution is -2.36. The molecule has 1 heterocycles. The van der Waals surface area contributed by atoms with Gasteiger partial charge in [-0.25, -0.2) is 9.48 Å². The van der Waals surface area contributed by atoms with Gasteiger partial charge in [0, 0.05) is 6.54 Å². The summed E-state index contributed by atoms with van der Waals surface area (Å²) in [5, 5.41) is 13.7. The molecule has 0 spiro atoms. The summed E-state index contributed by atoms with van der Waals surface area (Å²) in [4.78, 5) is 24.6. The molecule has 2 aromatic carbocycles. The van der Waals surface area contributed by atoms with E-state index in [1.807, 2.05) is 24.3 Å². The highest BCUT2D eigenvalue weighted by molar-refractivity contribution is 5.92. The molecule has 1 amide bonds. The smallest absolute Gasteiger partial charge is 0.338 e. The standard InChI is InChI=1S/C20H21N5O4/c1-14(19(26)21-11-10-15-6-8-18(28-2)9-7-15)29-20(27)16-4-3-5-17(12-16)25-13-22-23-24-25/h3-9,12-14H,10-11H2,1-2H3,(H,21,26)/t14-/m0/s1. The van der Waals surface area contributed by atoms with Crippen molar-refractivity contribution in [1.82, 2.24) is 25.5 Å². The molecular formula is C20H21N5O4. The number of carbonyl (C=O) groups is 2. The summed E-state index contributed by atoms with van der Waals surface area (Å²) in [7, 11) is 1.61. The molecule has 0 fully saturated rings. The number of tetrazole rings is 1. The first kappa shape index (κ1) is 20.0. The van der Waals surface area contributed by atoms with Crippen molar-refractivity contribution in [1.29, 1.82) is 0 Å². The van der Waals surface area contributed by atoms with Gasteiger partial charge in [0.1, 0.15) is 12.1 Å². The number of hydrogen-bond donors (Lipinski definition) is 1. The SMILES string of the molecule is COc1ccc(CCNC(=O)[C@H](C)OC(=O)c2cccc(-n3cnnn3)c2)cc1. The zero-order valence-electron chi connectivity index (χ0n) is 16.1. The second kappa shape index (κ2) is 9.45. The summed E-state index contributed by atoms with van der Waals surface area (Å²) in [6.07, 6.45) is 1.16. The molecule has 0 aliphatic heterocycles. The van der Waals surface area contributed by atoms with Crippen molar-refractivity contribution in [2.24, 2.45) is 0 Å². The predicted octanol–water partition coefficient (Wildman–Crippen LogP) is 1.58. The molecular weight excluding hydrogens is 374 g/mol. The van der Waals surface area contributed by atoms with Gasteiger partial charge in [0.25, 0.3) is 5.91 Å². The molecule has 0 radical (unpaired) electrons. The Morgan fingerprint density at radius 2 is 1.97 bits per heavy atom. The monoisotopic (exact) mass is 395 g/mol. The summed E-state index contributed by atoms with van der Waals surface area (Å²) >= 11 is 0. The lowest BCUT2D eigenvalue weighted by atomic mass is 10.1. The zero-order chi connectivity index (χ0) is 20.6. The van der Waals surface area contributed by atoms with Crippen molar-refractivity contribution >= 4 is 11.9 Å². The Bertz CT molecular complexity index is 957. The number of nitrogens with zero attached hydrogens (tertiary/aromatic N) is 4. The average molecular weight is 395 g/mol. The van der Waals surface area contributed by atoms with Gasteiger partial charge >= 0.3 is 5.97 Å². The van der Waals surface area contributed by atoms with Crippen molar-refractivity contribution in [2.45, 2.75) is 19.4 Å². The number of rotatable bonds is 8. The van der Waals surface area contributed by atoms with Crippen LogP contribution in [0.25, 0.3) is 5.69 Å². The van der Waals surface area contributed by atoms with Gasteiger partial charge in [-0.3, -0.25) is 4.79 Å². The van der Waals surface area contributed by atoms with E-state index in [1.54, 1.807) is 31.4 Å². The van der Waals surface area contributed by atoms with E-state index in [2.05, 4.69) is 20.8 Å². The third-order valence-electron chi connectivity index (χ3n) is 4.22. The summed E-state index contributed by atoms with van der Waals surface area (Å²) < 4.78 is 11.8. The van der Waals surface area contributed by atoms with Gasteiger partial charge < -0.3 is 14.8 Å². The summed E-state index contributed by atoms with van der Waals surface area (Å²) in [6, 6.07) is 14.2. The van der Waals surface area contributed by atoms with Crippen LogP contribution in [0.5, 0.6) is 5.75 Å². The van der Waals surface area contributed by atoms with Gasteiger partial charge in [-0.1, -0.05) is 18.2 Å². The first-order chi connectivity index (χ1) is 14.1. The lowest BCUT2D eigenvalue weighted by Gasteiger charge is -2.14. The molecule has 0 bridgehead atoms. The molecule has 1 atom stereocenters. The topological polar surface area (TPSA) is 108 Å². The van der Waals surface area contributed by atoms with E-state index in [4.69, 9.17) is 9.47 Å². The maximum atomic E-state index is 12.4. The van der Waals surface area contributed by atoms with Crippen molar-refractivity contribution in [3.05, 3.63) is 66.0 Å². The third-order valence-corrected chi connectivity index (χ3v) is 4.22. The Labute approximate surface area is 167 Å². The normalized spacial score (nSPS) is 11.5. The van der Waals surface area contributed by atoms with E-state index in [-0.39, 0.29) is 5.91 Å². The summed E-state index contributed by atoms with van der Waals surface area (Å²) in [6.45, 7) is 1.97. The Morgan fingerprint density at radius 1 is 1.17 bits per heavy atom. The Hall–Kier alpha value is -3.75. The largest absolute Gasteiger partial charge is 0.497 e. The van der Waals surface area contributed by atoms with Crippen LogP contribution in [0, 0.1) is 0 Å². The second-order valence-electron chi connectivity index (χ2n) is 6.24. The second-order valence-corrected chi connectivity index (χ2v) is 6.24. The number of amides is 1. The van der Waals surface area contributed by atoms with Crippen molar-refractivity contribution < 1.29 is 19.1 Å². The summed E-state index contributed by atoms with van der Waals surface area (Å²) in [5.41, 5.74) is 1.98. The van der Waals surface area contributed by atoms with Crippen LogP contribution in [-0.4, -0.2) is 51.8 Å². The molecule has 3 rings (SSSR count). The minimum atomic E-state index is -0.921. The van der Waals surface area contributed by atoms with Crippen LogP contribution in [0.4, 0.5) is 0 Å². The van der Waals surface area contributed by atoms with Crippen LogP contribution in [0.15, 0.2) is 54.9 Å². The number of aromatic nitrogens is 4. The predicted molar refractivity (Wildman–Crippen MR) is 104 cm³/mol. The van der Waals surface area contributed by atoms with Crippen LogP contribution < -0.4 is 10.1 Å². The fraction of sp³-hybridized carbons (Fsp3) is 0.250.